The molecule has 0 radical (unpaired) electrons. The van der Waals surface area contributed by atoms with Crippen molar-refractivity contribution in [3.63, 3.8) is 0 Å². The van der Waals surface area contributed by atoms with Gasteiger partial charge >= 0.3 is 0 Å². The molecule has 0 bridgehead atoms. The molecule has 0 fully saturated rings. The summed E-state index contributed by atoms with van der Waals surface area (Å²) in [5, 5.41) is 0. The number of ether oxygens (including phenoxy) is 1. The number of hydrogen-bond acceptors (Lipinski definition) is 3. The Morgan fingerprint density at radius 3 is 2.80 bits per heavy atom. The smallest absolute Gasteiger partial charge is 0.154 e. The molecule has 0 amide bonds. The number of fused-ring (bicyclic) bond motifs is 1. The Balaban J connectivity index is 2.32. The molecule has 0 spiro atoms. The van der Waals surface area contributed by atoms with Crippen molar-refractivity contribution in [1.29, 1.82) is 0 Å². The third-order valence-corrected chi connectivity index (χ3v) is 4.03. The number of aromatic nitrogens is 2. The highest BCUT2D eigenvalue weighted by molar-refractivity contribution is 9.11. The number of halogens is 2. The zero-order valence-electron chi connectivity index (χ0n) is 10.6. The van der Waals surface area contributed by atoms with Crippen LogP contribution in [-0.2, 0) is 0 Å². The molecule has 2 N–H and O–H groups in total. The van der Waals surface area contributed by atoms with Gasteiger partial charge in [0.05, 0.1) is 17.3 Å². The van der Waals surface area contributed by atoms with Crippen LogP contribution in [0.4, 0.5) is 5.82 Å². The molecule has 4 nitrogen and oxygen atoms in total. The van der Waals surface area contributed by atoms with Gasteiger partial charge in [-0.15, -0.1) is 0 Å². The van der Waals surface area contributed by atoms with E-state index >= 15 is 0 Å². The highest BCUT2D eigenvalue weighted by atomic mass is 79.9. The number of methoxy groups -OCH3 is 1. The van der Waals surface area contributed by atoms with Crippen molar-refractivity contribution in [3.8, 4) is 17.0 Å². The van der Waals surface area contributed by atoms with Gasteiger partial charge < -0.3 is 10.5 Å². The Bertz CT molecular complexity index is 798. The average Bonchev–Trinajstić information content (AvgIpc) is 2.75. The molecule has 0 unspecified atom stereocenters. The van der Waals surface area contributed by atoms with E-state index in [1.807, 2.05) is 40.9 Å². The maximum Gasteiger partial charge on any atom is 0.154 e. The molecule has 3 rings (SSSR count). The lowest BCUT2D eigenvalue weighted by Crippen LogP contribution is -1.93. The number of nitrogens with two attached hydrogens (primary N) is 1. The summed E-state index contributed by atoms with van der Waals surface area (Å²) in [6.45, 7) is 0. The Morgan fingerprint density at radius 2 is 2.05 bits per heavy atom. The minimum absolute atomic E-state index is 0.483. The lowest BCUT2D eigenvalue weighted by Gasteiger charge is -2.06. The van der Waals surface area contributed by atoms with Gasteiger partial charge in [-0.2, -0.15) is 0 Å². The molecule has 0 saturated carbocycles. The predicted octanol–water partition coefficient (Wildman–Crippen LogP) is 4.12. The van der Waals surface area contributed by atoms with Crippen LogP contribution in [0.3, 0.4) is 0 Å². The predicted molar refractivity (Wildman–Crippen MR) is 87.0 cm³/mol. The van der Waals surface area contributed by atoms with Gasteiger partial charge in [-0.25, -0.2) is 4.98 Å². The van der Waals surface area contributed by atoms with Crippen LogP contribution in [-0.4, -0.2) is 16.5 Å². The molecule has 1 aromatic carbocycles. The van der Waals surface area contributed by atoms with Crippen LogP contribution in [0.5, 0.6) is 5.75 Å². The number of pyridine rings is 1. The van der Waals surface area contributed by atoms with Crippen molar-refractivity contribution >= 4 is 43.3 Å². The van der Waals surface area contributed by atoms with Gasteiger partial charge in [0.2, 0.25) is 0 Å². The molecule has 6 heteroatoms. The lowest BCUT2D eigenvalue weighted by atomic mass is 10.1. The topological polar surface area (TPSA) is 52.5 Å². The molecular weight excluding hydrogens is 386 g/mol. The van der Waals surface area contributed by atoms with E-state index in [-0.39, 0.29) is 0 Å². The third kappa shape index (κ3) is 2.19. The van der Waals surface area contributed by atoms with E-state index in [9.17, 15) is 0 Å². The highest BCUT2D eigenvalue weighted by Crippen LogP contribution is 2.33. The van der Waals surface area contributed by atoms with Crippen molar-refractivity contribution in [1.82, 2.24) is 9.38 Å². The van der Waals surface area contributed by atoms with Crippen molar-refractivity contribution in [2.75, 3.05) is 12.8 Å². The third-order valence-electron chi connectivity index (χ3n) is 3.01. The zero-order valence-corrected chi connectivity index (χ0v) is 13.8. The van der Waals surface area contributed by atoms with Gasteiger partial charge in [-0.3, -0.25) is 4.40 Å². The number of anilines is 1. The highest BCUT2D eigenvalue weighted by Gasteiger charge is 2.14. The molecule has 20 heavy (non-hydrogen) atoms. The van der Waals surface area contributed by atoms with Gasteiger partial charge in [0.25, 0.3) is 0 Å². The minimum Gasteiger partial charge on any atom is -0.497 e. The van der Waals surface area contributed by atoms with Crippen LogP contribution in [0.2, 0.25) is 0 Å². The first-order chi connectivity index (χ1) is 9.60. The van der Waals surface area contributed by atoms with E-state index in [2.05, 4.69) is 36.8 Å². The van der Waals surface area contributed by atoms with E-state index in [0.717, 1.165) is 31.6 Å². The second kappa shape index (κ2) is 5.10. The van der Waals surface area contributed by atoms with Gasteiger partial charge in [0, 0.05) is 16.2 Å². The summed E-state index contributed by atoms with van der Waals surface area (Å²) in [7, 11) is 1.64. The van der Waals surface area contributed by atoms with Gasteiger partial charge in [0.15, 0.2) is 11.5 Å². The molecular formula is C14H11Br2N3O. The fraction of sp³-hybridized carbons (Fsp3) is 0.0714. The molecule has 0 aliphatic carbocycles. The summed E-state index contributed by atoms with van der Waals surface area (Å²) in [5.41, 5.74) is 8.67. The first-order valence-electron chi connectivity index (χ1n) is 5.87. The lowest BCUT2D eigenvalue weighted by molar-refractivity contribution is 0.415. The fourth-order valence-electron chi connectivity index (χ4n) is 2.15. The van der Waals surface area contributed by atoms with Crippen LogP contribution < -0.4 is 10.5 Å². The number of rotatable bonds is 2. The summed E-state index contributed by atoms with van der Waals surface area (Å²) in [4.78, 5) is 4.42. The number of benzene rings is 1. The molecule has 2 aromatic heterocycles. The summed E-state index contributed by atoms with van der Waals surface area (Å²) >= 11 is 6.99. The summed E-state index contributed by atoms with van der Waals surface area (Å²) in [6.07, 6.45) is 1.94. The van der Waals surface area contributed by atoms with Gasteiger partial charge in [0.1, 0.15) is 5.75 Å². The first-order valence-corrected chi connectivity index (χ1v) is 7.46. The Hall–Kier alpha value is -1.53. The molecule has 0 aliphatic heterocycles. The Labute approximate surface area is 132 Å². The largest absolute Gasteiger partial charge is 0.497 e. The van der Waals surface area contributed by atoms with Gasteiger partial charge in [-0.05, 0) is 50.1 Å². The first kappa shape index (κ1) is 13.5. The monoisotopic (exact) mass is 395 g/mol. The maximum atomic E-state index is 6.09. The van der Waals surface area contributed by atoms with Crippen molar-refractivity contribution in [2.45, 2.75) is 0 Å². The van der Waals surface area contributed by atoms with Crippen molar-refractivity contribution < 1.29 is 4.74 Å². The molecule has 2 heterocycles. The Kier molecular flexibility index (Phi) is 3.43. The van der Waals surface area contributed by atoms with Crippen LogP contribution >= 0.6 is 31.9 Å². The summed E-state index contributed by atoms with van der Waals surface area (Å²) in [5.74, 6) is 1.27. The second-order valence-electron chi connectivity index (χ2n) is 4.28. The number of nitrogen functional groups attached to an aromatic ring is 1. The zero-order chi connectivity index (χ0) is 14.3. The fourth-order valence-corrected chi connectivity index (χ4v) is 3.42. The van der Waals surface area contributed by atoms with E-state index in [1.165, 1.54) is 0 Å². The van der Waals surface area contributed by atoms with Crippen LogP contribution in [0.1, 0.15) is 0 Å². The van der Waals surface area contributed by atoms with Crippen molar-refractivity contribution in [3.05, 3.63) is 45.5 Å². The van der Waals surface area contributed by atoms with E-state index in [1.54, 1.807) is 7.11 Å². The maximum absolute atomic E-state index is 6.09. The molecule has 3 aromatic rings. The second-order valence-corrected chi connectivity index (χ2v) is 6.05. The molecule has 102 valence electrons. The number of hydrogen-bond donors (Lipinski definition) is 1. The molecule has 0 aliphatic rings. The van der Waals surface area contributed by atoms with E-state index in [0.29, 0.717) is 5.82 Å². The normalized spacial score (nSPS) is 10.9. The molecule has 0 saturated heterocycles. The van der Waals surface area contributed by atoms with Crippen molar-refractivity contribution in [2.24, 2.45) is 0 Å². The van der Waals surface area contributed by atoms with Crippen LogP contribution in [0.15, 0.2) is 45.5 Å². The van der Waals surface area contributed by atoms with E-state index < -0.39 is 0 Å². The van der Waals surface area contributed by atoms with Crippen LogP contribution in [0, 0.1) is 0 Å². The Morgan fingerprint density at radius 1 is 1.25 bits per heavy atom. The number of nitrogens with zero attached hydrogens (tertiary/aromatic N) is 2. The number of imidazole rings is 1. The average molecular weight is 397 g/mol. The minimum atomic E-state index is 0.483. The standard InChI is InChI=1S/C14H11Br2N3O/c1-20-10-4-2-3-8(5-10)12-13(17)18-14-11(16)6-9(15)7-19(12)14/h2-7H,17H2,1H3. The quantitative estimate of drug-likeness (QED) is 0.708. The molecule has 0 atom stereocenters. The van der Waals surface area contributed by atoms with E-state index in [4.69, 9.17) is 10.5 Å². The SMILES string of the molecule is COc1cccc(-c2c(N)nc3c(Br)cc(Br)cn23)c1. The summed E-state index contributed by atoms with van der Waals surface area (Å²) < 4.78 is 9.05. The van der Waals surface area contributed by atoms with Gasteiger partial charge in [-0.1, -0.05) is 12.1 Å². The summed E-state index contributed by atoms with van der Waals surface area (Å²) in [6, 6.07) is 9.69. The van der Waals surface area contributed by atoms with Crippen LogP contribution in [0.25, 0.3) is 16.9 Å².